The molecule has 0 bridgehead atoms. The van der Waals surface area contributed by atoms with Gasteiger partial charge in [-0.05, 0) is 13.8 Å². The van der Waals surface area contributed by atoms with E-state index >= 15 is 0 Å². The lowest BCUT2D eigenvalue weighted by atomic mass is 10.5. The Balaban J connectivity index is 3.32. The van der Waals surface area contributed by atoms with Gasteiger partial charge in [0.1, 0.15) is 13.2 Å². The molecule has 62 valence electrons. The molecule has 0 aliphatic heterocycles. The van der Waals surface area contributed by atoms with E-state index in [0.717, 1.165) is 0 Å². The van der Waals surface area contributed by atoms with Crippen molar-refractivity contribution in [2.45, 2.75) is 20.0 Å². The molecule has 0 radical (unpaired) electrons. The minimum absolute atomic E-state index is 0.0271. The van der Waals surface area contributed by atoms with Gasteiger partial charge in [0.25, 0.3) is 0 Å². The van der Waals surface area contributed by atoms with Crippen molar-refractivity contribution in [1.82, 2.24) is 5.32 Å². The normalized spacial score (nSPS) is 9.27. The summed E-state index contributed by atoms with van der Waals surface area (Å²) < 4.78 is 4.98. The minimum Gasteiger partial charge on any atom is -0.369 e. The summed E-state index contributed by atoms with van der Waals surface area (Å²) >= 11 is 0. The molecule has 11 heavy (non-hydrogen) atoms. The van der Waals surface area contributed by atoms with E-state index in [4.69, 9.17) is 10.00 Å². The maximum absolute atomic E-state index is 10.7. The average Bonchev–Trinajstić information content (AvgIpc) is 1.97. The van der Waals surface area contributed by atoms with Crippen molar-refractivity contribution in [3.8, 4) is 6.07 Å². The molecule has 0 aromatic rings. The fourth-order valence-electron chi connectivity index (χ4n) is 0.431. The van der Waals surface area contributed by atoms with Crippen LogP contribution >= 0.6 is 0 Å². The van der Waals surface area contributed by atoms with Gasteiger partial charge in [-0.1, -0.05) is 0 Å². The second-order valence-electron chi connectivity index (χ2n) is 2.29. The van der Waals surface area contributed by atoms with Crippen LogP contribution in [0.4, 0.5) is 0 Å². The van der Waals surface area contributed by atoms with E-state index < -0.39 is 0 Å². The van der Waals surface area contributed by atoms with Crippen molar-refractivity contribution < 1.29 is 9.53 Å². The minimum atomic E-state index is -0.250. The van der Waals surface area contributed by atoms with Crippen LogP contribution in [-0.4, -0.2) is 25.2 Å². The summed E-state index contributed by atoms with van der Waals surface area (Å²) in [5.41, 5.74) is 0. The Hall–Kier alpha value is -1.08. The van der Waals surface area contributed by atoms with Crippen molar-refractivity contribution in [2.24, 2.45) is 0 Å². The van der Waals surface area contributed by atoms with E-state index in [2.05, 4.69) is 5.32 Å². The van der Waals surface area contributed by atoms with Crippen LogP contribution in [0.3, 0.4) is 0 Å². The summed E-state index contributed by atoms with van der Waals surface area (Å²) in [7, 11) is 0. The van der Waals surface area contributed by atoms with E-state index in [1.807, 2.05) is 13.8 Å². The van der Waals surface area contributed by atoms with Gasteiger partial charge in [0.15, 0.2) is 0 Å². The zero-order valence-electron chi connectivity index (χ0n) is 6.76. The summed E-state index contributed by atoms with van der Waals surface area (Å²) in [6.07, 6.45) is 0.0443. The molecule has 0 aliphatic carbocycles. The lowest BCUT2D eigenvalue weighted by Gasteiger charge is -2.05. The molecular weight excluding hydrogens is 144 g/mol. The van der Waals surface area contributed by atoms with Crippen LogP contribution in [0.1, 0.15) is 13.8 Å². The molecule has 0 fully saturated rings. The Morgan fingerprint density at radius 3 is 2.82 bits per heavy atom. The summed E-state index contributed by atoms with van der Waals surface area (Å²) in [5.74, 6) is -0.250. The number of hydrogen-bond donors (Lipinski definition) is 1. The first kappa shape index (κ1) is 9.92. The fourth-order valence-corrected chi connectivity index (χ4v) is 0.431. The second-order valence-corrected chi connectivity index (χ2v) is 2.29. The molecule has 0 aromatic carbocycles. The molecule has 0 aromatic heterocycles. The molecule has 0 rings (SSSR count). The highest BCUT2D eigenvalue weighted by Gasteiger charge is 2.00. The Kier molecular flexibility index (Phi) is 5.13. The van der Waals surface area contributed by atoms with Gasteiger partial charge < -0.3 is 10.1 Å². The summed E-state index contributed by atoms with van der Waals surface area (Å²) in [6, 6.07) is 1.80. The van der Waals surface area contributed by atoms with E-state index in [9.17, 15) is 4.79 Å². The fraction of sp³-hybridized carbons (Fsp3) is 0.714. The number of amides is 1. The monoisotopic (exact) mass is 156 g/mol. The van der Waals surface area contributed by atoms with Gasteiger partial charge >= 0.3 is 0 Å². The van der Waals surface area contributed by atoms with Crippen molar-refractivity contribution in [3.05, 3.63) is 0 Å². The summed E-state index contributed by atoms with van der Waals surface area (Å²) in [5, 5.41) is 10.4. The molecule has 1 amide bonds. The van der Waals surface area contributed by atoms with E-state index in [1.165, 1.54) is 0 Å². The smallest absolute Gasteiger partial charge is 0.246 e. The molecule has 1 N–H and O–H groups in total. The highest BCUT2D eigenvalue weighted by molar-refractivity contribution is 5.77. The lowest BCUT2D eigenvalue weighted by Crippen LogP contribution is -2.28. The van der Waals surface area contributed by atoms with Crippen LogP contribution in [-0.2, 0) is 9.53 Å². The van der Waals surface area contributed by atoms with Gasteiger partial charge in [-0.2, -0.15) is 5.26 Å². The number of carbonyl (C=O) groups is 1. The third-order valence-electron chi connectivity index (χ3n) is 0.912. The first-order chi connectivity index (χ1) is 5.16. The Bertz CT molecular complexity index is 160. The standard InChI is InChI=1S/C7H12N2O2/c1-6(2)11-5-7(10)9-4-3-8/h6H,4-5H2,1-2H3,(H,9,10). The van der Waals surface area contributed by atoms with Crippen LogP contribution in [0.25, 0.3) is 0 Å². The lowest BCUT2D eigenvalue weighted by molar-refractivity contribution is -0.126. The molecule has 0 aliphatic rings. The Labute approximate surface area is 66.1 Å². The number of nitrogens with zero attached hydrogens (tertiary/aromatic N) is 1. The highest BCUT2D eigenvalue weighted by atomic mass is 16.5. The predicted octanol–water partition coefficient (Wildman–Crippen LogP) is 0.0512. The third-order valence-corrected chi connectivity index (χ3v) is 0.912. The van der Waals surface area contributed by atoms with Crippen LogP contribution in [0, 0.1) is 11.3 Å². The zero-order chi connectivity index (χ0) is 8.69. The van der Waals surface area contributed by atoms with E-state index in [0.29, 0.717) is 0 Å². The second kappa shape index (κ2) is 5.69. The van der Waals surface area contributed by atoms with Crippen LogP contribution < -0.4 is 5.32 Å². The van der Waals surface area contributed by atoms with Crippen LogP contribution in [0.2, 0.25) is 0 Å². The van der Waals surface area contributed by atoms with E-state index in [1.54, 1.807) is 6.07 Å². The number of hydrogen-bond acceptors (Lipinski definition) is 3. The molecule has 0 atom stereocenters. The van der Waals surface area contributed by atoms with Gasteiger partial charge in [-0.15, -0.1) is 0 Å². The largest absolute Gasteiger partial charge is 0.369 e. The maximum Gasteiger partial charge on any atom is 0.246 e. The number of carbonyl (C=O) groups excluding carboxylic acids is 1. The SMILES string of the molecule is CC(C)OCC(=O)NCC#N. The molecule has 4 nitrogen and oxygen atoms in total. The number of nitriles is 1. The van der Waals surface area contributed by atoms with Gasteiger partial charge in [0.2, 0.25) is 5.91 Å². The topological polar surface area (TPSA) is 62.1 Å². The first-order valence-electron chi connectivity index (χ1n) is 3.42. The Morgan fingerprint density at radius 2 is 2.36 bits per heavy atom. The highest BCUT2D eigenvalue weighted by Crippen LogP contribution is 1.85. The summed E-state index contributed by atoms with van der Waals surface area (Å²) in [6.45, 7) is 3.76. The van der Waals surface area contributed by atoms with Crippen LogP contribution in [0.15, 0.2) is 0 Å². The van der Waals surface area contributed by atoms with Gasteiger partial charge in [0, 0.05) is 0 Å². The van der Waals surface area contributed by atoms with Crippen LogP contribution in [0.5, 0.6) is 0 Å². The van der Waals surface area contributed by atoms with Gasteiger partial charge in [-0.25, -0.2) is 0 Å². The summed E-state index contributed by atoms with van der Waals surface area (Å²) in [4.78, 5) is 10.7. The van der Waals surface area contributed by atoms with Crippen molar-refractivity contribution in [3.63, 3.8) is 0 Å². The maximum atomic E-state index is 10.7. The van der Waals surface area contributed by atoms with Gasteiger partial charge in [-0.3, -0.25) is 4.79 Å². The number of nitrogens with one attached hydrogen (secondary N) is 1. The molecular formula is C7H12N2O2. The van der Waals surface area contributed by atoms with Crippen molar-refractivity contribution in [2.75, 3.05) is 13.2 Å². The predicted molar refractivity (Wildman–Crippen MR) is 39.7 cm³/mol. The quantitative estimate of drug-likeness (QED) is 0.585. The molecule has 0 heterocycles. The Morgan fingerprint density at radius 1 is 1.73 bits per heavy atom. The average molecular weight is 156 g/mol. The van der Waals surface area contributed by atoms with Gasteiger partial charge in [0.05, 0.1) is 12.2 Å². The molecule has 4 heteroatoms. The van der Waals surface area contributed by atoms with Crippen molar-refractivity contribution in [1.29, 1.82) is 5.26 Å². The first-order valence-corrected chi connectivity index (χ1v) is 3.42. The molecule has 0 saturated carbocycles. The number of rotatable bonds is 4. The molecule has 0 unspecified atom stereocenters. The van der Waals surface area contributed by atoms with Crippen molar-refractivity contribution >= 4 is 5.91 Å². The molecule has 0 spiro atoms. The van der Waals surface area contributed by atoms with E-state index in [-0.39, 0.29) is 25.2 Å². The number of ether oxygens (including phenoxy) is 1. The zero-order valence-corrected chi connectivity index (χ0v) is 6.76. The molecule has 0 saturated heterocycles. The third kappa shape index (κ3) is 6.81.